The van der Waals surface area contributed by atoms with E-state index in [-0.39, 0.29) is 19.6 Å². The minimum absolute atomic E-state index is 0.236. The fraction of sp³-hybridized carbons (Fsp3) is 0.463. The Morgan fingerprint density at radius 3 is 1.89 bits per heavy atom. The summed E-state index contributed by atoms with van der Waals surface area (Å²) in [6.45, 7) is -1.05. The predicted octanol–water partition coefficient (Wildman–Crippen LogP) is 1.81. The van der Waals surface area contributed by atoms with Gasteiger partial charge in [0.1, 0.15) is 62.6 Å². The lowest BCUT2D eigenvalue weighted by Gasteiger charge is -2.36. The number of aliphatic carboxylic acids is 2. The molecule has 0 radical (unpaired) electrons. The number of carbonyl (C=O) groups excluding carboxylic acids is 10. The van der Waals surface area contributed by atoms with Crippen LogP contribution in [0.5, 0.6) is 0 Å². The summed E-state index contributed by atoms with van der Waals surface area (Å²) in [6, 6.07) is 18.5. The summed E-state index contributed by atoms with van der Waals surface area (Å²) in [5.74, 6) is -11.7. The van der Waals surface area contributed by atoms with Crippen LogP contribution in [0.4, 0.5) is 9.59 Å². The molecule has 1 saturated heterocycles. The van der Waals surface area contributed by atoms with E-state index in [9.17, 15) is 78.0 Å². The summed E-state index contributed by atoms with van der Waals surface area (Å²) in [7, 11) is 0. The number of carbonyl (C=O) groups is 12. The molecular formula is C67H81N9O19. The van der Waals surface area contributed by atoms with Crippen molar-refractivity contribution < 1.29 is 92.5 Å². The second-order valence-corrected chi connectivity index (χ2v) is 24.2. The summed E-state index contributed by atoms with van der Waals surface area (Å²) in [4.78, 5) is 165. The van der Waals surface area contributed by atoms with Crippen molar-refractivity contribution in [3.63, 3.8) is 0 Å². The second kappa shape index (κ2) is 32.9. The lowest BCUT2D eigenvalue weighted by atomic mass is 9.93. The number of likely N-dealkylation sites (tertiary alicyclic amines) is 1. The summed E-state index contributed by atoms with van der Waals surface area (Å²) >= 11 is 0. The monoisotopic (exact) mass is 1320 g/mol. The summed E-state index contributed by atoms with van der Waals surface area (Å²) < 4.78 is 11.6. The maximum Gasteiger partial charge on any atom is 0.420 e. The molecule has 508 valence electrons. The Kier molecular flexibility index (Phi) is 24.6. The molecule has 3 aliphatic carbocycles. The highest BCUT2D eigenvalue weighted by Crippen LogP contribution is 2.45. The van der Waals surface area contributed by atoms with Gasteiger partial charge >= 0.3 is 24.1 Å². The van der Waals surface area contributed by atoms with E-state index in [2.05, 4.69) is 31.9 Å². The van der Waals surface area contributed by atoms with E-state index in [0.717, 1.165) is 60.7 Å². The number of nitrogens with zero attached hydrogens (tertiary/aromatic N) is 3. The summed E-state index contributed by atoms with van der Waals surface area (Å²) in [5.41, 5.74) is 8.29. The van der Waals surface area contributed by atoms with E-state index in [4.69, 9.17) is 14.6 Å². The zero-order valence-corrected chi connectivity index (χ0v) is 53.0. The molecule has 10 amide bonds. The van der Waals surface area contributed by atoms with Gasteiger partial charge in [0, 0.05) is 31.3 Å². The number of carboxylic acid groups (broad SMARTS) is 2. The van der Waals surface area contributed by atoms with Crippen molar-refractivity contribution in [2.45, 2.75) is 146 Å². The smallest absolute Gasteiger partial charge is 0.420 e. The van der Waals surface area contributed by atoms with Gasteiger partial charge in [0.25, 0.3) is 0 Å². The molecule has 0 bridgehead atoms. The number of aliphatic hydroxyl groups is 3. The van der Waals surface area contributed by atoms with Gasteiger partial charge in [0.2, 0.25) is 47.3 Å². The van der Waals surface area contributed by atoms with Gasteiger partial charge in [-0.3, -0.25) is 47.9 Å². The van der Waals surface area contributed by atoms with Crippen LogP contribution in [0, 0.1) is 5.92 Å². The van der Waals surface area contributed by atoms with Crippen LogP contribution in [0.3, 0.4) is 0 Å². The highest BCUT2D eigenvalue weighted by atomic mass is 16.6. The number of hydrogen-bond donors (Lipinski definition) is 11. The SMILES string of the molecule is CC[C@H](C)[C@H](NC(=O)[C@H](CO)NC(=O)[C@H](CCC(=O)O)NC(=O)CN(C(=O)[C@H](CO)NC(=O)[C@H](C)NC(=O)[C@@H]1C[C@@H](O)CN1C(=O)CN(C(=O)OCc1cccc2c1Cc1ccccc1-2)C(=O)OCC1c2ccccc2-c2ccccc21)C1CCCCC1)C(=O)NCC(=O)O. The molecule has 8 atom stereocenters. The van der Waals surface area contributed by atoms with E-state index in [0.29, 0.717) is 49.0 Å². The topological polar surface area (TPSA) is 406 Å². The molecule has 28 nitrogen and oxygen atoms in total. The largest absolute Gasteiger partial charge is 0.481 e. The molecule has 0 spiro atoms. The van der Waals surface area contributed by atoms with Crippen LogP contribution >= 0.6 is 0 Å². The number of β-amino-alcohol motifs (C(OH)–C–C–N with tert-alkyl or cyclic N) is 1. The molecule has 95 heavy (non-hydrogen) atoms. The van der Waals surface area contributed by atoms with E-state index in [1.807, 2.05) is 84.9 Å². The lowest BCUT2D eigenvalue weighted by molar-refractivity contribution is -0.144. The Bertz CT molecular complexity index is 3500. The number of fused-ring (bicyclic) bond motifs is 6. The fourth-order valence-electron chi connectivity index (χ4n) is 12.5. The normalized spacial score (nSPS) is 17.3. The number of hydrogen-bond acceptors (Lipinski definition) is 17. The molecular weight excluding hydrogens is 1230 g/mol. The first-order chi connectivity index (χ1) is 45.5. The van der Waals surface area contributed by atoms with Gasteiger partial charge in [-0.25, -0.2) is 14.5 Å². The van der Waals surface area contributed by atoms with Gasteiger partial charge in [-0.05, 0) is 88.6 Å². The van der Waals surface area contributed by atoms with E-state index in [1.165, 1.54) is 6.92 Å². The van der Waals surface area contributed by atoms with Gasteiger partial charge in [0.05, 0.1) is 25.9 Å². The van der Waals surface area contributed by atoms with Crippen LogP contribution in [0.1, 0.15) is 112 Å². The first-order valence-corrected chi connectivity index (χ1v) is 31.7. The van der Waals surface area contributed by atoms with Gasteiger partial charge in [-0.1, -0.05) is 131 Å². The summed E-state index contributed by atoms with van der Waals surface area (Å²) in [6.07, 6.45) is -1.68. The molecule has 8 rings (SSSR count). The quantitative estimate of drug-likeness (QED) is 0.0325. The fourth-order valence-corrected chi connectivity index (χ4v) is 12.5. The highest BCUT2D eigenvalue weighted by Gasteiger charge is 2.43. The third-order valence-electron chi connectivity index (χ3n) is 17.8. The molecule has 1 aliphatic heterocycles. The molecule has 1 heterocycles. The van der Waals surface area contributed by atoms with E-state index in [1.54, 1.807) is 19.9 Å². The first-order valence-electron chi connectivity index (χ1n) is 31.7. The van der Waals surface area contributed by atoms with Crippen molar-refractivity contribution in [2.75, 3.05) is 46.0 Å². The lowest BCUT2D eigenvalue weighted by Crippen LogP contribution is -2.60. The number of imide groups is 1. The number of amides is 10. The number of benzene rings is 4. The Balaban J connectivity index is 0.919. The molecule has 11 N–H and O–H groups in total. The van der Waals surface area contributed by atoms with Crippen LogP contribution < -0.4 is 31.9 Å². The Hall–Kier alpha value is -9.80. The van der Waals surface area contributed by atoms with Crippen molar-refractivity contribution in [3.05, 3.63) is 119 Å². The Labute approximate surface area is 547 Å². The average molecular weight is 1320 g/mol. The number of carboxylic acids is 2. The number of rotatable bonds is 29. The zero-order valence-electron chi connectivity index (χ0n) is 53.0. The van der Waals surface area contributed by atoms with Crippen LogP contribution in [0.15, 0.2) is 91.0 Å². The zero-order chi connectivity index (χ0) is 68.6. The maximum atomic E-state index is 14.5. The first kappa shape index (κ1) is 71.1. The van der Waals surface area contributed by atoms with Crippen LogP contribution in [0.2, 0.25) is 0 Å². The second-order valence-electron chi connectivity index (χ2n) is 24.2. The molecule has 1 saturated carbocycles. The molecule has 28 heteroatoms. The van der Waals surface area contributed by atoms with Crippen LogP contribution in [-0.2, 0) is 70.4 Å². The van der Waals surface area contributed by atoms with Crippen molar-refractivity contribution in [2.24, 2.45) is 5.92 Å². The van der Waals surface area contributed by atoms with Crippen molar-refractivity contribution in [3.8, 4) is 22.3 Å². The minimum Gasteiger partial charge on any atom is -0.481 e. The van der Waals surface area contributed by atoms with E-state index < -0.39 is 184 Å². The van der Waals surface area contributed by atoms with Crippen LogP contribution in [0.25, 0.3) is 22.3 Å². The number of nitrogens with one attached hydrogen (secondary N) is 6. The molecule has 0 aromatic heterocycles. The molecule has 2 fully saturated rings. The highest BCUT2D eigenvalue weighted by molar-refractivity contribution is 5.99. The Morgan fingerprint density at radius 1 is 0.642 bits per heavy atom. The van der Waals surface area contributed by atoms with Gasteiger partial charge in [-0.2, -0.15) is 0 Å². The predicted molar refractivity (Wildman–Crippen MR) is 338 cm³/mol. The van der Waals surface area contributed by atoms with Crippen molar-refractivity contribution in [1.29, 1.82) is 0 Å². The molecule has 0 unspecified atom stereocenters. The third-order valence-corrected chi connectivity index (χ3v) is 17.8. The third kappa shape index (κ3) is 17.7. The average Bonchev–Trinajstić information content (AvgIpc) is 1.64. The Morgan fingerprint density at radius 2 is 1.25 bits per heavy atom. The van der Waals surface area contributed by atoms with Crippen LogP contribution in [-0.4, -0.2) is 206 Å². The number of ether oxygens (including phenoxy) is 2. The van der Waals surface area contributed by atoms with Gasteiger partial charge < -0.3 is 76.7 Å². The van der Waals surface area contributed by atoms with Gasteiger partial charge in [0.15, 0.2) is 0 Å². The standard InChI is InChI=1S/C67H81N9O19/c1-4-37(2)59(64(90)68-29-58(84)85)73-62(88)52(33-77)71-61(87)51(25-26-57(82)83)70-55(80)31-74(41-17-6-5-7-18-41)65(91)53(34-78)72-60(86)38(3)69-63(89)54-28-42(79)30-75(54)56(81)32-76(66(92)94-35-40-16-14-24-44-43-19-9-8-15-39(43)27-49(40)44)67(93)95-36-50-47-22-12-10-20-45(47)46-21-11-13-23-48(46)50/h8-16,19-24,37-38,41-42,50-54,59,77-79H,4-7,17-18,25-36H2,1-3H3,(H,68,90)(H,69,89)(H,70,80)(H,71,87)(H,72,86)(H,73,88)(H,82,83)(H,84,85)/t37-,38-,42+,51-,52-,53-,54-,59-/m0/s1. The number of aliphatic hydroxyl groups excluding tert-OH is 3. The molecule has 4 aromatic carbocycles. The van der Waals surface area contributed by atoms with Crippen molar-refractivity contribution in [1.82, 2.24) is 46.6 Å². The molecule has 4 aliphatic rings. The van der Waals surface area contributed by atoms with Gasteiger partial charge in [-0.15, -0.1) is 0 Å². The maximum absolute atomic E-state index is 14.5. The summed E-state index contributed by atoms with van der Waals surface area (Å²) in [5, 5.41) is 64.4. The minimum atomic E-state index is -1.76. The van der Waals surface area contributed by atoms with Crippen molar-refractivity contribution >= 4 is 71.4 Å². The van der Waals surface area contributed by atoms with E-state index >= 15 is 0 Å². The molecule has 4 aromatic rings.